The van der Waals surface area contributed by atoms with Crippen LogP contribution in [0.5, 0.6) is 0 Å². The smallest absolute Gasteiger partial charge is 0.139 e. The van der Waals surface area contributed by atoms with Crippen molar-refractivity contribution in [3.8, 4) is 0 Å². The Labute approximate surface area is 98.2 Å². The lowest BCUT2D eigenvalue weighted by atomic mass is 10.1. The molecule has 0 fully saturated rings. The maximum atomic E-state index is 13.3. The summed E-state index contributed by atoms with van der Waals surface area (Å²) >= 11 is 3.09. The highest BCUT2D eigenvalue weighted by Crippen LogP contribution is 2.27. The number of halogens is 2. The lowest BCUT2D eigenvalue weighted by Gasteiger charge is -2.16. The molecule has 0 aliphatic heterocycles. The fourth-order valence-corrected chi connectivity index (χ4v) is 1.82. The molecular formula is C11H16BrFN2. The van der Waals surface area contributed by atoms with E-state index in [1.54, 1.807) is 6.07 Å². The van der Waals surface area contributed by atoms with Crippen LogP contribution < -0.4 is 11.1 Å². The number of anilines is 2. The average molecular weight is 275 g/mol. The fraction of sp³-hybridized carbons (Fsp3) is 0.455. The van der Waals surface area contributed by atoms with Crippen LogP contribution in [0.15, 0.2) is 16.6 Å². The van der Waals surface area contributed by atoms with Crippen LogP contribution in [-0.4, -0.2) is 6.04 Å². The molecule has 2 nitrogen and oxygen atoms in total. The molecule has 0 amide bonds. The van der Waals surface area contributed by atoms with Crippen LogP contribution in [0.25, 0.3) is 0 Å². The van der Waals surface area contributed by atoms with Gasteiger partial charge < -0.3 is 11.1 Å². The molecule has 4 heteroatoms. The molecule has 0 bridgehead atoms. The van der Waals surface area contributed by atoms with Gasteiger partial charge in [-0.15, -0.1) is 0 Å². The third kappa shape index (κ3) is 3.38. The van der Waals surface area contributed by atoms with Crippen molar-refractivity contribution in [2.45, 2.75) is 32.7 Å². The Kier molecular flexibility index (Phi) is 4.39. The number of rotatable bonds is 4. The molecule has 1 aromatic rings. The number of benzene rings is 1. The maximum Gasteiger partial charge on any atom is 0.139 e. The lowest BCUT2D eigenvalue weighted by molar-refractivity contribution is 0.620. The molecule has 0 aromatic heterocycles. The molecule has 1 aromatic carbocycles. The van der Waals surface area contributed by atoms with Gasteiger partial charge in [-0.1, -0.05) is 13.3 Å². The Morgan fingerprint density at radius 1 is 1.53 bits per heavy atom. The van der Waals surface area contributed by atoms with Gasteiger partial charge in [0.15, 0.2) is 0 Å². The van der Waals surface area contributed by atoms with Crippen molar-refractivity contribution in [2.75, 3.05) is 11.1 Å². The van der Waals surface area contributed by atoms with Gasteiger partial charge in [0, 0.05) is 12.1 Å². The molecule has 1 rings (SSSR count). The fourth-order valence-electron chi connectivity index (χ4n) is 1.46. The van der Waals surface area contributed by atoms with Gasteiger partial charge in [-0.2, -0.15) is 0 Å². The minimum Gasteiger partial charge on any atom is -0.397 e. The van der Waals surface area contributed by atoms with E-state index in [-0.39, 0.29) is 5.82 Å². The summed E-state index contributed by atoms with van der Waals surface area (Å²) < 4.78 is 13.6. The summed E-state index contributed by atoms with van der Waals surface area (Å²) in [6.45, 7) is 4.17. The number of nitrogens with two attached hydrogens (primary N) is 1. The van der Waals surface area contributed by atoms with Gasteiger partial charge in [0.1, 0.15) is 5.82 Å². The van der Waals surface area contributed by atoms with E-state index in [1.165, 1.54) is 6.07 Å². The second kappa shape index (κ2) is 5.35. The van der Waals surface area contributed by atoms with Crippen molar-refractivity contribution in [1.82, 2.24) is 0 Å². The van der Waals surface area contributed by atoms with Gasteiger partial charge in [-0.25, -0.2) is 4.39 Å². The summed E-state index contributed by atoms with van der Waals surface area (Å²) in [5.41, 5.74) is 7.00. The number of nitrogens with one attached hydrogen (secondary N) is 1. The third-order valence-electron chi connectivity index (χ3n) is 2.22. The Bertz CT molecular complexity index is 342. The quantitative estimate of drug-likeness (QED) is 0.821. The van der Waals surface area contributed by atoms with Crippen molar-refractivity contribution in [1.29, 1.82) is 0 Å². The molecule has 0 saturated heterocycles. The zero-order valence-electron chi connectivity index (χ0n) is 8.98. The van der Waals surface area contributed by atoms with Gasteiger partial charge in [-0.3, -0.25) is 0 Å². The molecule has 84 valence electrons. The van der Waals surface area contributed by atoms with Crippen molar-refractivity contribution >= 4 is 27.3 Å². The first-order valence-electron chi connectivity index (χ1n) is 5.05. The predicted octanol–water partition coefficient (Wildman–Crippen LogP) is 3.77. The van der Waals surface area contributed by atoms with Crippen molar-refractivity contribution < 1.29 is 4.39 Å². The monoisotopic (exact) mass is 274 g/mol. The summed E-state index contributed by atoms with van der Waals surface area (Å²) in [5.74, 6) is -0.296. The normalized spacial score (nSPS) is 12.5. The highest BCUT2D eigenvalue weighted by Gasteiger charge is 2.08. The summed E-state index contributed by atoms with van der Waals surface area (Å²) in [4.78, 5) is 0. The minimum absolute atomic E-state index is 0.296. The van der Waals surface area contributed by atoms with Crippen LogP contribution in [0.2, 0.25) is 0 Å². The van der Waals surface area contributed by atoms with Gasteiger partial charge in [0.2, 0.25) is 0 Å². The lowest BCUT2D eigenvalue weighted by Crippen LogP contribution is -2.15. The molecule has 0 aliphatic rings. The van der Waals surface area contributed by atoms with E-state index in [4.69, 9.17) is 5.73 Å². The highest BCUT2D eigenvalue weighted by molar-refractivity contribution is 9.10. The molecule has 1 atom stereocenters. The van der Waals surface area contributed by atoms with Crippen molar-refractivity contribution in [2.24, 2.45) is 0 Å². The molecule has 0 spiro atoms. The molecule has 0 saturated carbocycles. The number of nitrogen functional groups attached to an aromatic ring is 1. The SMILES string of the molecule is CCCC(C)Nc1cc(F)c(Br)cc1N. The van der Waals surface area contributed by atoms with Crippen LogP contribution in [0.1, 0.15) is 26.7 Å². The van der Waals surface area contributed by atoms with E-state index in [0.717, 1.165) is 12.8 Å². The Morgan fingerprint density at radius 2 is 2.20 bits per heavy atom. The second-order valence-corrected chi connectivity index (χ2v) is 4.54. The number of hydrogen-bond donors (Lipinski definition) is 2. The van der Waals surface area contributed by atoms with E-state index in [1.807, 2.05) is 0 Å². The first-order chi connectivity index (χ1) is 7.04. The van der Waals surface area contributed by atoms with Crippen LogP contribution in [0.3, 0.4) is 0 Å². The van der Waals surface area contributed by atoms with Crippen molar-refractivity contribution in [3.05, 3.63) is 22.4 Å². The van der Waals surface area contributed by atoms with Gasteiger partial charge >= 0.3 is 0 Å². The second-order valence-electron chi connectivity index (χ2n) is 3.69. The number of hydrogen-bond acceptors (Lipinski definition) is 2. The summed E-state index contributed by atoms with van der Waals surface area (Å²) in [7, 11) is 0. The minimum atomic E-state index is -0.296. The van der Waals surface area contributed by atoms with E-state index < -0.39 is 0 Å². The molecule has 1 unspecified atom stereocenters. The average Bonchev–Trinajstić information content (AvgIpc) is 2.14. The molecule has 0 heterocycles. The van der Waals surface area contributed by atoms with E-state index in [9.17, 15) is 4.39 Å². The molecule has 0 radical (unpaired) electrons. The summed E-state index contributed by atoms with van der Waals surface area (Å²) in [6, 6.07) is 3.31. The third-order valence-corrected chi connectivity index (χ3v) is 2.82. The van der Waals surface area contributed by atoms with Crippen LogP contribution >= 0.6 is 15.9 Å². The van der Waals surface area contributed by atoms with Crippen LogP contribution in [0.4, 0.5) is 15.8 Å². The highest BCUT2D eigenvalue weighted by atomic mass is 79.9. The van der Waals surface area contributed by atoms with Crippen LogP contribution in [0, 0.1) is 5.82 Å². The van der Waals surface area contributed by atoms with Gasteiger partial charge in [0.25, 0.3) is 0 Å². The van der Waals surface area contributed by atoms with Gasteiger partial charge in [0.05, 0.1) is 15.8 Å². The van der Waals surface area contributed by atoms with Gasteiger partial charge in [-0.05, 0) is 35.3 Å². The molecule has 3 N–H and O–H groups in total. The Morgan fingerprint density at radius 3 is 2.80 bits per heavy atom. The Hall–Kier alpha value is -0.770. The molecule has 0 aliphatic carbocycles. The van der Waals surface area contributed by atoms with Crippen molar-refractivity contribution in [3.63, 3.8) is 0 Å². The first-order valence-corrected chi connectivity index (χ1v) is 5.85. The van der Waals surface area contributed by atoms with E-state index >= 15 is 0 Å². The standard InChI is InChI=1S/C11H16BrFN2/c1-3-4-7(2)15-11-6-9(13)8(12)5-10(11)14/h5-7,15H,3-4,14H2,1-2H3. The zero-order chi connectivity index (χ0) is 11.4. The first kappa shape index (κ1) is 12.3. The molecule has 15 heavy (non-hydrogen) atoms. The van der Waals surface area contributed by atoms with E-state index in [2.05, 4.69) is 35.1 Å². The van der Waals surface area contributed by atoms with E-state index in [0.29, 0.717) is 21.9 Å². The topological polar surface area (TPSA) is 38.0 Å². The summed E-state index contributed by atoms with van der Waals surface area (Å²) in [6.07, 6.45) is 2.13. The summed E-state index contributed by atoms with van der Waals surface area (Å²) in [5, 5.41) is 3.19. The Balaban J connectivity index is 2.81. The largest absolute Gasteiger partial charge is 0.397 e. The molecular weight excluding hydrogens is 259 g/mol. The van der Waals surface area contributed by atoms with Crippen LogP contribution in [-0.2, 0) is 0 Å². The zero-order valence-corrected chi connectivity index (χ0v) is 10.6. The maximum absolute atomic E-state index is 13.3. The predicted molar refractivity (Wildman–Crippen MR) is 66.5 cm³/mol.